The predicted octanol–water partition coefficient (Wildman–Crippen LogP) is 2.61. The zero-order valence-electron chi connectivity index (χ0n) is 18.7. The van der Waals surface area contributed by atoms with Gasteiger partial charge < -0.3 is 20.1 Å². The molecule has 0 spiro atoms. The van der Waals surface area contributed by atoms with Crippen LogP contribution in [0.15, 0.2) is 47.4 Å². The molecule has 176 valence electrons. The van der Waals surface area contributed by atoms with E-state index in [2.05, 4.69) is 16.7 Å². The number of ether oxygens (including phenoxy) is 2. The Morgan fingerprint density at radius 3 is 2.52 bits per heavy atom. The van der Waals surface area contributed by atoms with Crippen molar-refractivity contribution in [1.82, 2.24) is 4.31 Å². The van der Waals surface area contributed by atoms with Crippen LogP contribution in [0.4, 0.5) is 11.4 Å². The van der Waals surface area contributed by atoms with E-state index >= 15 is 0 Å². The molecule has 0 aromatic heterocycles. The number of carbonyl (C=O) groups excluding carboxylic acids is 1. The van der Waals surface area contributed by atoms with Crippen LogP contribution in [0.5, 0.6) is 5.75 Å². The van der Waals surface area contributed by atoms with Gasteiger partial charge in [-0.1, -0.05) is 12.1 Å². The maximum atomic E-state index is 13.0. The van der Waals surface area contributed by atoms with Crippen molar-refractivity contribution in [2.24, 2.45) is 0 Å². The minimum absolute atomic E-state index is 0.0878. The zero-order valence-corrected chi connectivity index (χ0v) is 19.5. The van der Waals surface area contributed by atoms with Crippen molar-refractivity contribution >= 4 is 27.3 Å². The number of hydrogen-bond acceptors (Lipinski definition) is 7. The van der Waals surface area contributed by atoms with Gasteiger partial charge in [-0.05, 0) is 49.7 Å². The molecule has 2 aromatic carbocycles. The summed E-state index contributed by atoms with van der Waals surface area (Å²) in [4.78, 5) is 12.6. The van der Waals surface area contributed by atoms with E-state index < -0.39 is 10.0 Å². The fourth-order valence-electron chi connectivity index (χ4n) is 3.28. The van der Waals surface area contributed by atoms with E-state index in [4.69, 9.17) is 14.7 Å². The number of amides is 1. The molecule has 2 N–H and O–H groups in total. The van der Waals surface area contributed by atoms with Crippen LogP contribution in [0.25, 0.3) is 0 Å². The van der Waals surface area contributed by atoms with Crippen LogP contribution in [0.2, 0.25) is 0 Å². The molecule has 9 nitrogen and oxygen atoms in total. The molecular weight excluding hydrogens is 444 g/mol. The Bertz CT molecular complexity index is 1100. The molecule has 10 heteroatoms. The molecule has 0 radical (unpaired) electrons. The lowest BCUT2D eigenvalue weighted by atomic mass is 10.1. The summed E-state index contributed by atoms with van der Waals surface area (Å²) in [6.45, 7) is 4.95. The van der Waals surface area contributed by atoms with Gasteiger partial charge in [-0.25, -0.2) is 8.42 Å². The Morgan fingerprint density at radius 2 is 1.88 bits per heavy atom. The average molecular weight is 473 g/mol. The van der Waals surface area contributed by atoms with Gasteiger partial charge in [0.05, 0.1) is 48.9 Å². The van der Waals surface area contributed by atoms with Crippen LogP contribution in [0, 0.1) is 11.3 Å². The van der Waals surface area contributed by atoms with Crippen LogP contribution >= 0.6 is 0 Å². The highest BCUT2D eigenvalue weighted by Gasteiger charge is 2.27. The summed E-state index contributed by atoms with van der Waals surface area (Å²) in [7, 11) is -3.69. The molecular formula is C23H28N4O5S. The Kier molecular flexibility index (Phi) is 8.27. The predicted molar refractivity (Wildman–Crippen MR) is 125 cm³/mol. The standard InChI is InChI=1S/C23H28N4O5S/c1-17(2)32-22-8-7-20(33(29,30)27-11-13-31-14-12-27)15-21(22)25-16-23(28)26-19-5-3-18(4-6-19)9-10-24/h3-8,15,17,25H,9,11-14,16H2,1-2H3,(H,26,28). The number of benzene rings is 2. The number of hydrogen-bond donors (Lipinski definition) is 2. The number of nitrogens with zero attached hydrogens (tertiary/aromatic N) is 2. The Hall–Kier alpha value is -3.13. The van der Waals surface area contributed by atoms with E-state index in [-0.39, 0.29) is 23.5 Å². The molecule has 0 aliphatic carbocycles. The van der Waals surface area contributed by atoms with Crippen LogP contribution in [-0.4, -0.2) is 57.6 Å². The van der Waals surface area contributed by atoms with E-state index in [0.29, 0.717) is 49.8 Å². The summed E-state index contributed by atoms with van der Waals surface area (Å²) in [5, 5.41) is 14.5. The van der Waals surface area contributed by atoms with E-state index in [1.165, 1.54) is 16.4 Å². The van der Waals surface area contributed by atoms with Crippen molar-refractivity contribution in [3.05, 3.63) is 48.0 Å². The molecule has 1 amide bonds. The number of rotatable bonds is 9. The molecule has 1 heterocycles. The number of sulfonamides is 1. The summed E-state index contributed by atoms with van der Waals surface area (Å²) in [6, 6.07) is 13.7. The fourth-order valence-corrected chi connectivity index (χ4v) is 4.71. The summed E-state index contributed by atoms with van der Waals surface area (Å²) >= 11 is 0. The molecule has 33 heavy (non-hydrogen) atoms. The Morgan fingerprint density at radius 1 is 1.18 bits per heavy atom. The highest BCUT2D eigenvalue weighted by Crippen LogP contribution is 2.30. The molecule has 2 aromatic rings. The molecule has 1 fully saturated rings. The summed E-state index contributed by atoms with van der Waals surface area (Å²) in [5.74, 6) is 0.152. The van der Waals surface area contributed by atoms with Crippen molar-refractivity contribution in [3.8, 4) is 11.8 Å². The fraction of sp³-hybridized carbons (Fsp3) is 0.391. The third-order valence-electron chi connectivity index (χ3n) is 4.88. The largest absolute Gasteiger partial charge is 0.489 e. The molecule has 0 unspecified atom stereocenters. The van der Waals surface area contributed by atoms with Gasteiger partial charge in [-0.15, -0.1) is 0 Å². The molecule has 0 bridgehead atoms. The molecule has 1 saturated heterocycles. The molecule has 0 atom stereocenters. The summed E-state index contributed by atoms with van der Waals surface area (Å²) in [6.07, 6.45) is 0.172. The number of anilines is 2. The zero-order chi connectivity index (χ0) is 23.8. The van der Waals surface area contributed by atoms with Gasteiger partial charge in [0.25, 0.3) is 0 Å². The lowest BCUT2D eigenvalue weighted by molar-refractivity contribution is -0.114. The number of carbonyl (C=O) groups is 1. The molecule has 0 saturated carbocycles. The lowest BCUT2D eigenvalue weighted by Crippen LogP contribution is -2.40. The van der Waals surface area contributed by atoms with E-state index in [0.717, 1.165) is 5.56 Å². The minimum atomic E-state index is -3.69. The van der Waals surface area contributed by atoms with Crippen molar-refractivity contribution in [3.63, 3.8) is 0 Å². The second-order valence-corrected chi connectivity index (χ2v) is 9.71. The number of nitrogens with one attached hydrogen (secondary N) is 2. The minimum Gasteiger partial charge on any atom is -0.489 e. The number of nitriles is 1. The quantitative estimate of drug-likeness (QED) is 0.575. The van der Waals surface area contributed by atoms with Crippen LogP contribution in [-0.2, 0) is 26.0 Å². The highest BCUT2D eigenvalue weighted by molar-refractivity contribution is 7.89. The van der Waals surface area contributed by atoms with Crippen LogP contribution in [0.3, 0.4) is 0 Å². The van der Waals surface area contributed by atoms with Crippen LogP contribution < -0.4 is 15.4 Å². The molecule has 3 rings (SSSR count). The van der Waals surface area contributed by atoms with Gasteiger partial charge >= 0.3 is 0 Å². The normalized spacial score (nSPS) is 14.5. The number of morpholine rings is 1. The topological polar surface area (TPSA) is 121 Å². The highest BCUT2D eigenvalue weighted by atomic mass is 32.2. The van der Waals surface area contributed by atoms with Crippen molar-refractivity contribution < 1.29 is 22.7 Å². The lowest BCUT2D eigenvalue weighted by Gasteiger charge is -2.26. The van der Waals surface area contributed by atoms with Gasteiger partial charge in [0.15, 0.2) is 0 Å². The first-order chi connectivity index (χ1) is 15.8. The van der Waals surface area contributed by atoms with E-state index in [1.807, 2.05) is 13.8 Å². The average Bonchev–Trinajstić information content (AvgIpc) is 2.80. The van der Waals surface area contributed by atoms with E-state index in [1.54, 1.807) is 30.3 Å². The second kappa shape index (κ2) is 11.1. The Labute approximate surface area is 194 Å². The van der Waals surface area contributed by atoms with Crippen molar-refractivity contribution in [2.75, 3.05) is 43.5 Å². The Balaban J connectivity index is 1.73. The first-order valence-electron chi connectivity index (χ1n) is 10.7. The van der Waals surface area contributed by atoms with Gasteiger partial charge in [0, 0.05) is 18.8 Å². The first-order valence-corrected chi connectivity index (χ1v) is 12.1. The maximum absolute atomic E-state index is 13.0. The maximum Gasteiger partial charge on any atom is 0.243 e. The third kappa shape index (κ3) is 6.68. The van der Waals surface area contributed by atoms with Crippen LogP contribution in [0.1, 0.15) is 19.4 Å². The monoisotopic (exact) mass is 472 g/mol. The summed E-state index contributed by atoms with van der Waals surface area (Å²) < 4.78 is 38.5. The summed E-state index contributed by atoms with van der Waals surface area (Å²) in [5.41, 5.74) is 1.88. The smallest absolute Gasteiger partial charge is 0.243 e. The van der Waals surface area contributed by atoms with Gasteiger partial charge in [0.1, 0.15) is 5.75 Å². The second-order valence-electron chi connectivity index (χ2n) is 7.77. The van der Waals surface area contributed by atoms with E-state index in [9.17, 15) is 13.2 Å². The van der Waals surface area contributed by atoms with Crippen molar-refractivity contribution in [1.29, 1.82) is 5.26 Å². The van der Waals surface area contributed by atoms with Gasteiger partial charge in [0.2, 0.25) is 15.9 Å². The molecule has 1 aliphatic rings. The third-order valence-corrected chi connectivity index (χ3v) is 6.78. The van der Waals surface area contributed by atoms with Gasteiger partial charge in [-0.3, -0.25) is 4.79 Å². The first kappa shape index (κ1) is 24.5. The SMILES string of the molecule is CC(C)Oc1ccc(S(=O)(=O)N2CCOCC2)cc1NCC(=O)Nc1ccc(CC#N)cc1. The molecule has 1 aliphatic heterocycles. The van der Waals surface area contributed by atoms with Gasteiger partial charge in [-0.2, -0.15) is 9.57 Å². The van der Waals surface area contributed by atoms with Crippen molar-refractivity contribution in [2.45, 2.75) is 31.3 Å².